The average molecular weight is 448 g/mol. The fraction of sp³-hybridized carbons (Fsp3) is 0.333. The second-order valence-corrected chi connectivity index (χ2v) is 9.43. The van der Waals surface area contributed by atoms with Gasteiger partial charge in [-0.25, -0.2) is 4.98 Å². The molecule has 0 bridgehead atoms. The number of amides is 1. The summed E-state index contributed by atoms with van der Waals surface area (Å²) >= 11 is 1.28. The van der Waals surface area contributed by atoms with Gasteiger partial charge in [-0.05, 0) is 43.7 Å². The first-order valence-corrected chi connectivity index (χ1v) is 12.1. The monoisotopic (exact) mass is 447 g/mol. The Hall–Kier alpha value is -2.49. The standard InChI is InChI=1S/C21H25N3O4S2/c22-14-8-3-1-2-7-11-20(25)24-21-23-18-13-12-16(15-19(18)29-21)28-30(26,27)17-9-5-4-6-10-17/h4-6,9-10,12-13,15H,1-3,7-8,11,14,22H2,(H,23,24,25). The maximum atomic E-state index is 12.4. The SMILES string of the molecule is NCCCCCCCC(=O)Nc1nc2ccc(OS(=O)(=O)c3ccccc3)cc2s1. The van der Waals surface area contributed by atoms with Gasteiger partial charge in [-0.15, -0.1) is 0 Å². The molecule has 0 fully saturated rings. The highest BCUT2D eigenvalue weighted by molar-refractivity contribution is 7.87. The minimum atomic E-state index is -3.91. The number of hydrogen-bond donors (Lipinski definition) is 2. The number of carbonyl (C=O) groups is 1. The van der Waals surface area contributed by atoms with E-state index in [1.165, 1.54) is 23.5 Å². The Morgan fingerprint density at radius 2 is 1.77 bits per heavy atom. The maximum Gasteiger partial charge on any atom is 0.339 e. The summed E-state index contributed by atoms with van der Waals surface area (Å²) in [4.78, 5) is 16.6. The van der Waals surface area contributed by atoms with Crippen molar-refractivity contribution in [1.29, 1.82) is 0 Å². The zero-order valence-electron chi connectivity index (χ0n) is 16.5. The number of nitrogens with two attached hydrogens (primary N) is 1. The third-order valence-corrected chi connectivity index (χ3v) is 6.65. The van der Waals surface area contributed by atoms with E-state index in [1.807, 2.05) is 0 Å². The first-order chi connectivity index (χ1) is 14.5. The molecule has 1 aromatic heterocycles. The van der Waals surface area contributed by atoms with Crippen LogP contribution in [0.5, 0.6) is 5.75 Å². The molecule has 1 heterocycles. The molecule has 0 saturated carbocycles. The summed E-state index contributed by atoms with van der Waals surface area (Å²) in [6, 6.07) is 12.8. The normalized spacial score (nSPS) is 11.5. The van der Waals surface area contributed by atoms with Crippen LogP contribution >= 0.6 is 11.3 Å². The first kappa shape index (κ1) is 22.2. The Kier molecular flexibility index (Phi) is 7.78. The highest BCUT2D eigenvalue weighted by Gasteiger charge is 2.17. The number of hydrogen-bond acceptors (Lipinski definition) is 7. The molecule has 0 unspecified atom stereocenters. The number of thiazole rings is 1. The summed E-state index contributed by atoms with van der Waals surface area (Å²) in [6.07, 6.45) is 5.49. The van der Waals surface area contributed by atoms with E-state index < -0.39 is 10.1 Å². The maximum absolute atomic E-state index is 12.4. The van der Waals surface area contributed by atoms with Crippen molar-refractivity contribution in [3.05, 3.63) is 48.5 Å². The number of fused-ring (bicyclic) bond motifs is 1. The second-order valence-electron chi connectivity index (χ2n) is 6.85. The highest BCUT2D eigenvalue weighted by atomic mass is 32.2. The molecule has 160 valence electrons. The van der Waals surface area contributed by atoms with E-state index >= 15 is 0 Å². The number of aromatic nitrogens is 1. The van der Waals surface area contributed by atoms with Crippen molar-refractivity contribution in [2.45, 2.75) is 43.4 Å². The number of benzene rings is 2. The molecule has 0 atom stereocenters. The predicted octanol–water partition coefficient (Wildman–Crippen LogP) is 4.30. The zero-order valence-corrected chi connectivity index (χ0v) is 18.2. The lowest BCUT2D eigenvalue weighted by atomic mass is 10.1. The van der Waals surface area contributed by atoms with E-state index in [-0.39, 0.29) is 16.6 Å². The van der Waals surface area contributed by atoms with Crippen LogP contribution in [-0.4, -0.2) is 25.9 Å². The lowest BCUT2D eigenvalue weighted by molar-refractivity contribution is -0.116. The van der Waals surface area contributed by atoms with Gasteiger partial charge in [-0.1, -0.05) is 48.8 Å². The fourth-order valence-corrected chi connectivity index (χ4v) is 4.77. The smallest absolute Gasteiger partial charge is 0.339 e. The van der Waals surface area contributed by atoms with Crippen LogP contribution in [0.4, 0.5) is 5.13 Å². The number of nitrogens with zero attached hydrogens (tertiary/aromatic N) is 1. The molecule has 7 nitrogen and oxygen atoms in total. The third kappa shape index (κ3) is 6.25. The molecule has 1 amide bonds. The van der Waals surface area contributed by atoms with Gasteiger partial charge < -0.3 is 15.2 Å². The molecule has 3 rings (SSSR count). The van der Waals surface area contributed by atoms with E-state index in [9.17, 15) is 13.2 Å². The summed E-state index contributed by atoms with van der Waals surface area (Å²) in [6.45, 7) is 0.711. The van der Waals surface area contributed by atoms with E-state index in [1.54, 1.807) is 36.4 Å². The molecule has 3 N–H and O–H groups in total. The molecule has 0 spiro atoms. The second kappa shape index (κ2) is 10.5. The van der Waals surface area contributed by atoms with Crippen molar-refractivity contribution in [3.63, 3.8) is 0 Å². The van der Waals surface area contributed by atoms with Crippen molar-refractivity contribution < 1.29 is 17.4 Å². The van der Waals surface area contributed by atoms with Crippen LogP contribution in [0, 0.1) is 0 Å². The Balaban J connectivity index is 1.59. The molecule has 2 aromatic carbocycles. The number of unbranched alkanes of at least 4 members (excludes halogenated alkanes) is 4. The van der Waals surface area contributed by atoms with Gasteiger partial charge in [0.25, 0.3) is 0 Å². The largest absolute Gasteiger partial charge is 0.379 e. The van der Waals surface area contributed by atoms with Crippen LogP contribution in [0.3, 0.4) is 0 Å². The van der Waals surface area contributed by atoms with Crippen molar-refractivity contribution in [2.75, 3.05) is 11.9 Å². The Morgan fingerprint density at radius 1 is 1.03 bits per heavy atom. The van der Waals surface area contributed by atoms with Crippen molar-refractivity contribution in [1.82, 2.24) is 4.98 Å². The summed E-state index contributed by atoms with van der Waals surface area (Å²) in [5.41, 5.74) is 6.14. The summed E-state index contributed by atoms with van der Waals surface area (Å²) < 4.78 is 30.7. The van der Waals surface area contributed by atoms with Crippen LogP contribution in [0.15, 0.2) is 53.4 Å². The highest BCUT2D eigenvalue weighted by Crippen LogP contribution is 2.30. The minimum absolute atomic E-state index is 0.0731. The lowest BCUT2D eigenvalue weighted by Crippen LogP contribution is -2.10. The van der Waals surface area contributed by atoms with Gasteiger partial charge in [-0.3, -0.25) is 4.79 Å². The van der Waals surface area contributed by atoms with Crippen LogP contribution in [0.1, 0.15) is 38.5 Å². The molecule has 0 radical (unpaired) electrons. The number of rotatable bonds is 11. The fourth-order valence-electron chi connectivity index (χ4n) is 2.91. The number of anilines is 1. The van der Waals surface area contributed by atoms with Crippen molar-refractivity contribution in [3.8, 4) is 5.75 Å². The summed E-state index contributed by atoms with van der Waals surface area (Å²) in [5.74, 6) is 0.126. The van der Waals surface area contributed by atoms with Gasteiger partial charge >= 0.3 is 10.1 Å². The molecular formula is C21H25N3O4S2. The minimum Gasteiger partial charge on any atom is -0.379 e. The van der Waals surface area contributed by atoms with Crippen LogP contribution in [-0.2, 0) is 14.9 Å². The van der Waals surface area contributed by atoms with Gasteiger partial charge in [0.2, 0.25) is 5.91 Å². The molecule has 30 heavy (non-hydrogen) atoms. The molecule has 0 aliphatic carbocycles. The molecule has 0 saturated heterocycles. The molecule has 9 heteroatoms. The molecular weight excluding hydrogens is 422 g/mol. The van der Waals surface area contributed by atoms with E-state index in [2.05, 4.69) is 10.3 Å². The lowest BCUT2D eigenvalue weighted by Gasteiger charge is -2.06. The number of nitrogens with one attached hydrogen (secondary N) is 1. The van der Waals surface area contributed by atoms with E-state index in [0.717, 1.165) is 36.8 Å². The van der Waals surface area contributed by atoms with Gasteiger partial charge in [0.05, 0.1) is 10.2 Å². The molecule has 0 aliphatic heterocycles. The number of carbonyl (C=O) groups excluding carboxylic acids is 1. The van der Waals surface area contributed by atoms with Crippen molar-refractivity contribution in [2.24, 2.45) is 5.73 Å². The van der Waals surface area contributed by atoms with Gasteiger partial charge in [-0.2, -0.15) is 8.42 Å². The van der Waals surface area contributed by atoms with Crippen LogP contribution in [0.2, 0.25) is 0 Å². The Labute approximate surface area is 180 Å². The zero-order chi connectivity index (χ0) is 21.4. The quantitative estimate of drug-likeness (QED) is 0.335. The Morgan fingerprint density at radius 3 is 2.53 bits per heavy atom. The van der Waals surface area contributed by atoms with Crippen molar-refractivity contribution >= 4 is 42.7 Å². The first-order valence-electron chi connectivity index (χ1n) is 9.88. The molecule has 0 aliphatic rings. The van der Waals surface area contributed by atoms with Gasteiger partial charge in [0, 0.05) is 12.5 Å². The van der Waals surface area contributed by atoms with Gasteiger partial charge in [0.15, 0.2) is 5.13 Å². The average Bonchev–Trinajstić information content (AvgIpc) is 3.12. The Bertz CT molecular complexity index is 1080. The van der Waals surface area contributed by atoms with Crippen LogP contribution in [0.25, 0.3) is 10.2 Å². The third-order valence-electron chi connectivity index (χ3n) is 4.45. The summed E-state index contributed by atoms with van der Waals surface area (Å²) in [5, 5.41) is 3.30. The summed E-state index contributed by atoms with van der Waals surface area (Å²) in [7, 11) is -3.91. The molecule has 3 aromatic rings. The predicted molar refractivity (Wildman–Crippen MR) is 119 cm³/mol. The topological polar surface area (TPSA) is 111 Å². The van der Waals surface area contributed by atoms with Gasteiger partial charge in [0.1, 0.15) is 10.6 Å². The van der Waals surface area contributed by atoms with Crippen LogP contribution < -0.4 is 15.2 Å². The van der Waals surface area contributed by atoms with E-state index in [0.29, 0.717) is 23.6 Å². The van der Waals surface area contributed by atoms with E-state index in [4.69, 9.17) is 9.92 Å².